The van der Waals surface area contributed by atoms with E-state index in [0.29, 0.717) is 11.5 Å². The van der Waals surface area contributed by atoms with Gasteiger partial charge in [-0.05, 0) is 62.4 Å². The highest BCUT2D eigenvalue weighted by Crippen LogP contribution is 2.25. The summed E-state index contributed by atoms with van der Waals surface area (Å²) in [6.07, 6.45) is 1.97. The third-order valence-electron chi connectivity index (χ3n) is 5.50. The van der Waals surface area contributed by atoms with Crippen LogP contribution in [0.1, 0.15) is 45.2 Å². The van der Waals surface area contributed by atoms with Gasteiger partial charge in [0.1, 0.15) is 11.5 Å². The minimum atomic E-state index is -0.598. The molecular formula is C24H32N2O3. The number of piperidine rings is 1. The lowest BCUT2D eigenvalue weighted by molar-refractivity contribution is -0.127. The van der Waals surface area contributed by atoms with Crippen LogP contribution in [-0.4, -0.2) is 32.2 Å². The van der Waals surface area contributed by atoms with E-state index in [-0.39, 0.29) is 11.9 Å². The van der Waals surface area contributed by atoms with Crippen molar-refractivity contribution in [3.63, 3.8) is 0 Å². The molecule has 0 unspecified atom stereocenters. The molecule has 0 aliphatic carbocycles. The maximum atomic E-state index is 12.6. The minimum Gasteiger partial charge on any atom is -0.497 e. The maximum Gasteiger partial charge on any atom is 0.261 e. The van der Waals surface area contributed by atoms with Crippen LogP contribution in [0.3, 0.4) is 0 Å². The summed E-state index contributed by atoms with van der Waals surface area (Å²) in [4.78, 5) is 15.0. The van der Waals surface area contributed by atoms with Crippen molar-refractivity contribution in [2.45, 2.75) is 45.8 Å². The smallest absolute Gasteiger partial charge is 0.261 e. The van der Waals surface area contributed by atoms with Crippen LogP contribution in [0.2, 0.25) is 0 Å². The molecule has 5 nitrogen and oxygen atoms in total. The summed E-state index contributed by atoms with van der Waals surface area (Å²) in [6.45, 7) is 8.29. The van der Waals surface area contributed by atoms with E-state index in [1.54, 1.807) is 20.1 Å². The second-order valence-electron chi connectivity index (χ2n) is 7.95. The minimum absolute atomic E-state index is 0.0896. The zero-order chi connectivity index (χ0) is 20.8. The SMILES string of the molecule is COc1cccc(O[C@H](C)C(=O)N[C@H](C)c2ccc(N3CCC[C@@H](C)C3)cc2)c1. The van der Waals surface area contributed by atoms with Crippen LogP contribution in [0.5, 0.6) is 11.5 Å². The van der Waals surface area contributed by atoms with Gasteiger partial charge in [0.15, 0.2) is 6.10 Å². The van der Waals surface area contributed by atoms with Crippen molar-refractivity contribution in [2.24, 2.45) is 5.92 Å². The highest BCUT2D eigenvalue weighted by atomic mass is 16.5. The Kier molecular flexibility index (Phi) is 7.02. The Morgan fingerprint density at radius 1 is 1.14 bits per heavy atom. The van der Waals surface area contributed by atoms with Gasteiger partial charge in [-0.25, -0.2) is 0 Å². The molecule has 0 aromatic heterocycles. The van der Waals surface area contributed by atoms with Crippen molar-refractivity contribution in [2.75, 3.05) is 25.1 Å². The first-order valence-electron chi connectivity index (χ1n) is 10.4. The molecule has 1 fully saturated rings. The first-order chi connectivity index (χ1) is 14.0. The summed E-state index contributed by atoms with van der Waals surface area (Å²) < 4.78 is 11.0. The van der Waals surface area contributed by atoms with Crippen LogP contribution in [0.25, 0.3) is 0 Å². The van der Waals surface area contributed by atoms with Crippen molar-refractivity contribution >= 4 is 11.6 Å². The van der Waals surface area contributed by atoms with E-state index in [4.69, 9.17) is 9.47 Å². The number of carbonyl (C=O) groups is 1. The fourth-order valence-electron chi connectivity index (χ4n) is 3.74. The lowest BCUT2D eigenvalue weighted by Crippen LogP contribution is -2.37. The van der Waals surface area contributed by atoms with Gasteiger partial charge in [0.2, 0.25) is 0 Å². The zero-order valence-corrected chi connectivity index (χ0v) is 17.9. The highest BCUT2D eigenvalue weighted by molar-refractivity contribution is 5.81. The molecule has 2 aromatic rings. The van der Waals surface area contributed by atoms with Crippen molar-refractivity contribution < 1.29 is 14.3 Å². The third kappa shape index (κ3) is 5.66. The molecule has 1 N–H and O–H groups in total. The molecule has 5 heteroatoms. The first kappa shape index (κ1) is 21.0. The van der Waals surface area contributed by atoms with Gasteiger partial charge in [0.25, 0.3) is 5.91 Å². The Labute approximate surface area is 174 Å². The van der Waals surface area contributed by atoms with E-state index in [0.717, 1.165) is 24.6 Å². The Bertz CT molecular complexity index is 806. The van der Waals surface area contributed by atoms with Gasteiger partial charge >= 0.3 is 0 Å². The molecule has 2 aromatic carbocycles. The van der Waals surface area contributed by atoms with Crippen molar-refractivity contribution in [3.05, 3.63) is 54.1 Å². The van der Waals surface area contributed by atoms with E-state index in [9.17, 15) is 4.79 Å². The van der Waals surface area contributed by atoms with Crippen molar-refractivity contribution in [1.29, 1.82) is 0 Å². The van der Waals surface area contributed by atoms with Gasteiger partial charge in [-0.1, -0.05) is 25.1 Å². The van der Waals surface area contributed by atoms with Crippen LogP contribution in [0, 0.1) is 5.92 Å². The normalized spacial score (nSPS) is 18.6. The predicted molar refractivity (Wildman–Crippen MR) is 117 cm³/mol. The highest BCUT2D eigenvalue weighted by Gasteiger charge is 2.19. The van der Waals surface area contributed by atoms with E-state index < -0.39 is 6.10 Å². The number of ether oxygens (including phenoxy) is 2. The van der Waals surface area contributed by atoms with E-state index >= 15 is 0 Å². The molecule has 29 heavy (non-hydrogen) atoms. The summed E-state index contributed by atoms with van der Waals surface area (Å²) in [5, 5.41) is 3.04. The van der Waals surface area contributed by atoms with Crippen molar-refractivity contribution in [3.8, 4) is 11.5 Å². The van der Waals surface area contributed by atoms with Crippen molar-refractivity contribution in [1.82, 2.24) is 5.32 Å². The van der Waals surface area contributed by atoms with Gasteiger partial charge in [0.05, 0.1) is 13.2 Å². The number of methoxy groups -OCH3 is 1. The Balaban J connectivity index is 1.55. The second kappa shape index (κ2) is 9.68. The first-order valence-corrected chi connectivity index (χ1v) is 10.4. The lowest BCUT2D eigenvalue weighted by atomic mass is 9.99. The lowest BCUT2D eigenvalue weighted by Gasteiger charge is -2.33. The molecule has 1 aliphatic rings. The number of nitrogens with one attached hydrogen (secondary N) is 1. The number of nitrogens with zero attached hydrogens (tertiary/aromatic N) is 1. The standard InChI is InChI=1S/C24H32N2O3/c1-17-7-6-14-26(16-17)21-12-10-20(11-13-21)18(2)25-24(27)19(3)29-23-9-5-8-22(15-23)28-4/h5,8-13,15,17-19H,6-7,14,16H2,1-4H3,(H,25,27)/t17-,18-,19-/m1/s1. The molecule has 0 bridgehead atoms. The van der Waals surface area contributed by atoms with Gasteiger partial charge in [0, 0.05) is 24.8 Å². The summed E-state index contributed by atoms with van der Waals surface area (Å²) in [7, 11) is 1.61. The average Bonchev–Trinajstić information content (AvgIpc) is 2.74. The predicted octanol–water partition coefficient (Wildman–Crippen LogP) is 4.58. The topological polar surface area (TPSA) is 50.8 Å². The third-order valence-corrected chi connectivity index (χ3v) is 5.50. The number of benzene rings is 2. The number of carbonyl (C=O) groups excluding carboxylic acids is 1. The summed E-state index contributed by atoms with van der Waals surface area (Å²) in [6, 6.07) is 15.7. The number of anilines is 1. The van der Waals surface area contributed by atoms with Crippen LogP contribution in [0.4, 0.5) is 5.69 Å². The van der Waals surface area contributed by atoms with Gasteiger partial charge in [-0.15, -0.1) is 0 Å². The molecule has 3 rings (SSSR count). The quantitative estimate of drug-likeness (QED) is 0.744. The molecular weight excluding hydrogens is 364 g/mol. The zero-order valence-electron chi connectivity index (χ0n) is 17.9. The fraction of sp³-hybridized carbons (Fsp3) is 0.458. The summed E-state index contributed by atoms with van der Waals surface area (Å²) >= 11 is 0. The van der Waals surface area contributed by atoms with Crippen LogP contribution < -0.4 is 19.7 Å². The fourth-order valence-corrected chi connectivity index (χ4v) is 3.74. The van der Waals surface area contributed by atoms with E-state index in [2.05, 4.69) is 41.4 Å². The van der Waals surface area contributed by atoms with Gasteiger partial charge in [-0.3, -0.25) is 4.79 Å². The average molecular weight is 397 g/mol. The molecule has 3 atom stereocenters. The molecule has 0 saturated carbocycles. The monoisotopic (exact) mass is 396 g/mol. The Morgan fingerprint density at radius 2 is 1.86 bits per heavy atom. The van der Waals surface area contributed by atoms with Crippen LogP contribution in [-0.2, 0) is 4.79 Å². The molecule has 1 heterocycles. The Morgan fingerprint density at radius 3 is 2.55 bits per heavy atom. The molecule has 0 spiro atoms. The number of hydrogen-bond acceptors (Lipinski definition) is 4. The number of hydrogen-bond donors (Lipinski definition) is 1. The number of rotatable bonds is 7. The largest absolute Gasteiger partial charge is 0.497 e. The summed E-state index contributed by atoms with van der Waals surface area (Å²) in [5.41, 5.74) is 2.34. The molecule has 1 aliphatic heterocycles. The number of amides is 1. The van der Waals surface area contributed by atoms with Gasteiger partial charge < -0.3 is 19.7 Å². The van der Waals surface area contributed by atoms with E-state index in [1.807, 2.05) is 25.1 Å². The molecule has 156 valence electrons. The van der Waals surface area contributed by atoms with Gasteiger partial charge in [-0.2, -0.15) is 0 Å². The maximum absolute atomic E-state index is 12.6. The Hall–Kier alpha value is -2.69. The summed E-state index contributed by atoms with van der Waals surface area (Å²) in [5.74, 6) is 1.91. The van der Waals surface area contributed by atoms with Crippen LogP contribution >= 0.6 is 0 Å². The van der Waals surface area contributed by atoms with E-state index in [1.165, 1.54) is 18.5 Å². The van der Waals surface area contributed by atoms with Crippen LogP contribution in [0.15, 0.2) is 48.5 Å². The molecule has 1 amide bonds. The molecule has 1 saturated heterocycles. The second-order valence-corrected chi connectivity index (χ2v) is 7.95. The molecule has 0 radical (unpaired) electrons.